The molecule has 32 heavy (non-hydrogen) atoms. The summed E-state index contributed by atoms with van der Waals surface area (Å²) in [7, 11) is -3.93. The van der Waals surface area contributed by atoms with Gasteiger partial charge in [-0.1, -0.05) is 18.2 Å². The highest BCUT2D eigenvalue weighted by atomic mass is 32.2. The lowest BCUT2D eigenvalue weighted by atomic mass is 10.1. The Bertz CT molecular complexity index is 1090. The van der Waals surface area contributed by atoms with E-state index in [0.29, 0.717) is 17.1 Å². The van der Waals surface area contributed by atoms with E-state index in [-0.39, 0.29) is 26.2 Å². The summed E-state index contributed by atoms with van der Waals surface area (Å²) in [5.41, 5.74) is 2.75. The van der Waals surface area contributed by atoms with Gasteiger partial charge in [-0.3, -0.25) is 9.10 Å². The van der Waals surface area contributed by atoms with Crippen LogP contribution in [0.4, 0.5) is 11.4 Å². The van der Waals surface area contributed by atoms with E-state index in [0.717, 1.165) is 11.1 Å². The van der Waals surface area contributed by atoms with Gasteiger partial charge in [0, 0.05) is 12.2 Å². The summed E-state index contributed by atoms with van der Waals surface area (Å²) in [4.78, 5) is 24.4. The molecule has 1 aliphatic rings. The molecule has 0 aliphatic carbocycles. The zero-order valence-corrected chi connectivity index (χ0v) is 19.5. The van der Waals surface area contributed by atoms with Crippen molar-refractivity contribution >= 4 is 33.3 Å². The topological polar surface area (TPSA) is 102 Å². The number of benzene rings is 2. The number of amides is 1. The van der Waals surface area contributed by atoms with Crippen LogP contribution >= 0.6 is 0 Å². The Morgan fingerprint density at radius 2 is 1.72 bits per heavy atom. The monoisotopic (exact) mass is 460 g/mol. The number of hydrogen-bond acceptors (Lipinski definition) is 6. The number of hydrogen-bond donors (Lipinski definition) is 1. The lowest BCUT2D eigenvalue weighted by Crippen LogP contribution is -2.47. The van der Waals surface area contributed by atoms with Gasteiger partial charge in [-0.25, -0.2) is 13.2 Å². The third-order valence-corrected chi connectivity index (χ3v) is 8.07. The van der Waals surface area contributed by atoms with Crippen LogP contribution in [0.5, 0.6) is 5.75 Å². The average molecular weight is 461 g/mol. The summed E-state index contributed by atoms with van der Waals surface area (Å²) < 4.78 is 36.7. The van der Waals surface area contributed by atoms with Crippen LogP contribution in [0.3, 0.4) is 0 Å². The molecular weight excluding hydrogens is 432 g/mol. The second-order valence-electron chi connectivity index (χ2n) is 7.87. The zero-order valence-electron chi connectivity index (χ0n) is 18.7. The van der Waals surface area contributed by atoms with E-state index in [2.05, 4.69) is 5.32 Å². The summed E-state index contributed by atoms with van der Waals surface area (Å²) in [5, 5.41) is 2.70. The molecule has 1 aliphatic heterocycles. The van der Waals surface area contributed by atoms with Crippen LogP contribution in [0.1, 0.15) is 31.4 Å². The minimum absolute atomic E-state index is 0.176. The van der Waals surface area contributed by atoms with E-state index in [1.54, 1.807) is 31.2 Å². The number of anilines is 2. The molecule has 2 aromatic rings. The summed E-state index contributed by atoms with van der Waals surface area (Å²) >= 11 is 0. The fourth-order valence-electron chi connectivity index (χ4n) is 3.71. The molecule has 8 nitrogen and oxygen atoms in total. The highest BCUT2D eigenvalue weighted by Crippen LogP contribution is 2.40. The lowest BCUT2D eigenvalue weighted by Gasteiger charge is -2.27. The Hall–Kier alpha value is -3.07. The molecule has 0 spiro atoms. The van der Waals surface area contributed by atoms with Crippen LogP contribution in [0.15, 0.2) is 42.5 Å². The van der Waals surface area contributed by atoms with Gasteiger partial charge in [0.25, 0.3) is 0 Å². The lowest BCUT2D eigenvalue weighted by molar-refractivity contribution is -0.145. The maximum absolute atomic E-state index is 13.4. The fraction of sp³-hybridized carbons (Fsp3) is 0.391. The Balaban J connectivity index is 1.73. The first-order valence-corrected chi connectivity index (χ1v) is 11.8. The van der Waals surface area contributed by atoms with Crippen molar-refractivity contribution in [3.05, 3.63) is 53.6 Å². The van der Waals surface area contributed by atoms with Gasteiger partial charge >= 0.3 is 5.97 Å². The van der Waals surface area contributed by atoms with Gasteiger partial charge in [0.2, 0.25) is 15.9 Å². The van der Waals surface area contributed by atoms with Gasteiger partial charge in [-0.05, 0) is 69.5 Å². The number of esters is 1. The normalized spacial score (nSPS) is 19.4. The van der Waals surface area contributed by atoms with E-state index < -0.39 is 26.6 Å². The molecule has 0 aromatic heterocycles. The van der Waals surface area contributed by atoms with Crippen LogP contribution in [0, 0.1) is 13.8 Å². The Kier molecular flexibility index (Phi) is 6.78. The van der Waals surface area contributed by atoms with E-state index >= 15 is 0 Å². The van der Waals surface area contributed by atoms with Gasteiger partial charge in [-0.2, -0.15) is 0 Å². The number of rotatable bonds is 7. The van der Waals surface area contributed by atoms with Crippen molar-refractivity contribution in [2.24, 2.45) is 0 Å². The SMILES string of the molecule is CCOC(=O)COc1ccc(NC(=O)C2(C)CCN(c3c(C)cccc3C)S2(=O)=O)cc1. The molecule has 3 rings (SSSR count). The molecule has 1 amide bonds. The second kappa shape index (κ2) is 9.20. The fourth-order valence-corrected chi connectivity index (χ4v) is 5.69. The number of nitrogens with zero attached hydrogens (tertiary/aromatic N) is 1. The molecule has 9 heteroatoms. The van der Waals surface area contributed by atoms with E-state index in [4.69, 9.17) is 9.47 Å². The van der Waals surface area contributed by atoms with Crippen molar-refractivity contribution in [3.8, 4) is 5.75 Å². The van der Waals surface area contributed by atoms with E-state index in [1.807, 2.05) is 32.0 Å². The van der Waals surface area contributed by atoms with E-state index in [1.165, 1.54) is 11.2 Å². The third kappa shape index (κ3) is 4.43. The minimum atomic E-state index is -3.93. The first kappa shape index (κ1) is 23.6. The predicted molar refractivity (Wildman–Crippen MR) is 122 cm³/mol. The standard InChI is InChI=1S/C23H28N2O6S/c1-5-30-20(26)15-31-19-11-9-18(10-12-19)24-22(27)23(4)13-14-25(32(23,28)29)21-16(2)7-6-8-17(21)3/h6-12H,5,13-15H2,1-4H3,(H,24,27). The zero-order chi connectivity index (χ0) is 23.5. The maximum atomic E-state index is 13.4. The molecule has 0 bridgehead atoms. The highest BCUT2D eigenvalue weighted by Gasteiger charge is 2.55. The molecule has 1 saturated heterocycles. The average Bonchev–Trinajstić information content (AvgIpc) is 2.98. The molecule has 1 heterocycles. The second-order valence-corrected chi connectivity index (χ2v) is 10.2. The highest BCUT2D eigenvalue weighted by molar-refractivity contribution is 7.95. The van der Waals surface area contributed by atoms with Gasteiger partial charge in [-0.15, -0.1) is 0 Å². The molecular formula is C23H28N2O6S. The first-order valence-electron chi connectivity index (χ1n) is 10.4. The van der Waals surface area contributed by atoms with Gasteiger partial charge in [0.05, 0.1) is 12.3 Å². The minimum Gasteiger partial charge on any atom is -0.482 e. The number of nitrogens with one attached hydrogen (secondary N) is 1. The largest absolute Gasteiger partial charge is 0.482 e. The van der Waals surface area contributed by atoms with E-state index in [9.17, 15) is 18.0 Å². The van der Waals surface area contributed by atoms with Gasteiger partial charge < -0.3 is 14.8 Å². The van der Waals surface area contributed by atoms with Gasteiger partial charge in [0.1, 0.15) is 5.75 Å². The number of ether oxygens (including phenoxy) is 2. The predicted octanol–water partition coefficient (Wildman–Crippen LogP) is 3.18. The van der Waals surface area contributed by atoms with Crippen molar-refractivity contribution < 1.29 is 27.5 Å². The number of carbonyl (C=O) groups is 2. The molecule has 1 fully saturated rings. The molecule has 0 radical (unpaired) electrons. The van der Waals surface area contributed by atoms with Crippen LogP contribution in [-0.4, -0.2) is 44.8 Å². The molecule has 1 unspecified atom stereocenters. The van der Waals surface area contributed by atoms with Crippen molar-refractivity contribution in [2.45, 2.75) is 38.9 Å². The van der Waals surface area contributed by atoms with Crippen LogP contribution in [0.25, 0.3) is 0 Å². The van der Waals surface area contributed by atoms with Crippen LogP contribution in [0.2, 0.25) is 0 Å². The summed E-state index contributed by atoms with van der Waals surface area (Å²) in [6.07, 6.45) is 0.176. The Morgan fingerprint density at radius 1 is 1.09 bits per heavy atom. The van der Waals surface area contributed by atoms with Crippen molar-refractivity contribution in [1.82, 2.24) is 0 Å². The Labute approximate surface area is 188 Å². The van der Waals surface area contributed by atoms with Crippen molar-refractivity contribution in [3.63, 3.8) is 0 Å². The summed E-state index contributed by atoms with van der Waals surface area (Å²) in [6, 6.07) is 12.0. The molecule has 1 atom stereocenters. The molecule has 1 N–H and O–H groups in total. The van der Waals surface area contributed by atoms with Crippen LogP contribution in [-0.2, 0) is 24.3 Å². The summed E-state index contributed by atoms with van der Waals surface area (Å²) in [6.45, 7) is 7.18. The van der Waals surface area contributed by atoms with Gasteiger partial charge in [0.15, 0.2) is 11.4 Å². The maximum Gasteiger partial charge on any atom is 0.344 e. The summed E-state index contributed by atoms with van der Waals surface area (Å²) in [5.74, 6) is -0.638. The third-order valence-electron chi connectivity index (χ3n) is 5.59. The van der Waals surface area contributed by atoms with Crippen molar-refractivity contribution in [2.75, 3.05) is 29.4 Å². The van der Waals surface area contributed by atoms with Crippen molar-refractivity contribution in [1.29, 1.82) is 0 Å². The molecule has 2 aromatic carbocycles. The number of aryl methyl sites for hydroxylation is 2. The molecule has 172 valence electrons. The number of sulfonamides is 1. The first-order chi connectivity index (χ1) is 15.1. The smallest absolute Gasteiger partial charge is 0.344 e. The number of para-hydroxylation sites is 1. The quantitative estimate of drug-likeness (QED) is 0.637. The van der Waals surface area contributed by atoms with Crippen LogP contribution < -0.4 is 14.4 Å². The molecule has 0 saturated carbocycles. The number of carbonyl (C=O) groups excluding carboxylic acids is 2. The Morgan fingerprint density at radius 3 is 2.31 bits per heavy atom.